The first-order valence-corrected chi connectivity index (χ1v) is 12.7. The van der Waals surface area contributed by atoms with Crippen LogP contribution in [0.4, 0.5) is 20.6 Å². The van der Waals surface area contributed by atoms with Crippen LogP contribution in [0.5, 0.6) is 0 Å². The minimum atomic E-state index is -0.274. The molecule has 0 saturated carbocycles. The average Bonchev–Trinajstić information content (AvgIpc) is 2.84. The molecule has 5 rings (SSSR count). The van der Waals surface area contributed by atoms with Crippen LogP contribution in [0, 0.1) is 5.82 Å². The van der Waals surface area contributed by atoms with Crippen LogP contribution in [0.2, 0.25) is 0 Å². The van der Waals surface area contributed by atoms with Gasteiger partial charge in [0.05, 0.1) is 0 Å². The van der Waals surface area contributed by atoms with Gasteiger partial charge in [0.2, 0.25) is 0 Å². The van der Waals surface area contributed by atoms with E-state index in [0.29, 0.717) is 0 Å². The first-order valence-electron chi connectivity index (χ1n) is 11.5. The van der Waals surface area contributed by atoms with Gasteiger partial charge >= 0.3 is 0 Å². The summed E-state index contributed by atoms with van der Waals surface area (Å²) in [6, 6.07) is 21.9. The Morgan fingerprint density at radius 1 is 0.909 bits per heavy atom. The number of hydrogen-bond donors (Lipinski definition) is 1. The molecule has 0 spiro atoms. The van der Waals surface area contributed by atoms with Crippen molar-refractivity contribution in [3.63, 3.8) is 0 Å². The van der Waals surface area contributed by atoms with E-state index in [2.05, 4.69) is 66.5 Å². The van der Waals surface area contributed by atoms with Gasteiger partial charge in [0.15, 0.2) is 0 Å². The van der Waals surface area contributed by atoms with E-state index >= 15 is 0 Å². The monoisotopic (exact) mass is 460 g/mol. The number of thioether (sulfide) groups is 1. The molecule has 2 heterocycles. The van der Waals surface area contributed by atoms with Crippen molar-refractivity contribution in [2.45, 2.75) is 37.5 Å². The molecule has 170 valence electrons. The molecule has 3 aromatic rings. The highest BCUT2D eigenvalue weighted by Gasteiger charge is 2.45. The highest BCUT2D eigenvalue weighted by atomic mass is 32.2. The fraction of sp³-hybridized carbons (Fsp3) is 0.321. The summed E-state index contributed by atoms with van der Waals surface area (Å²) in [5.41, 5.74) is 6.50. The smallest absolute Gasteiger partial charge is 0.283 e. The highest BCUT2D eigenvalue weighted by molar-refractivity contribution is 8.13. The average molecular weight is 461 g/mol. The lowest BCUT2D eigenvalue weighted by Gasteiger charge is -2.50. The first kappa shape index (κ1) is 22.0. The normalized spacial score (nSPS) is 23.7. The Hall–Kier alpha value is -2.79. The summed E-state index contributed by atoms with van der Waals surface area (Å²) in [5.74, 6) is -0.223. The molecule has 3 aromatic carbocycles. The van der Waals surface area contributed by atoms with Crippen LogP contribution < -0.4 is 10.2 Å². The third-order valence-electron chi connectivity index (χ3n) is 7.70. The molecule has 0 radical (unpaired) electrons. The van der Waals surface area contributed by atoms with Crippen molar-refractivity contribution < 1.29 is 9.18 Å². The Morgan fingerprint density at radius 3 is 2.00 bits per heavy atom. The molecular formula is C28H29FN2OS. The van der Waals surface area contributed by atoms with Gasteiger partial charge in [-0.3, -0.25) is 4.79 Å². The lowest BCUT2D eigenvalue weighted by Crippen LogP contribution is -2.47. The molecule has 0 aromatic heterocycles. The summed E-state index contributed by atoms with van der Waals surface area (Å²) in [4.78, 5) is 14.8. The maximum atomic E-state index is 13.7. The third-order valence-corrected chi connectivity index (χ3v) is 8.18. The van der Waals surface area contributed by atoms with E-state index in [0.717, 1.165) is 37.2 Å². The molecule has 0 aliphatic carbocycles. The molecule has 1 amide bonds. The number of rotatable bonds is 3. The van der Waals surface area contributed by atoms with Crippen LogP contribution in [0.3, 0.4) is 0 Å². The van der Waals surface area contributed by atoms with Crippen LogP contribution in [-0.2, 0) is 10.8 Å². The summed E-state index contributed by atoms with van der Waals surface area (Å²) < 4.78 is 13.7. The fourth-order valence-corrected chi connectivity index (χ4v) is 5.82. The molecule has 33 heavy (non-hydrogen) atoms. The highest BCUT2D eigenvalue weighted by Crippen LogP contribution is 2.54. The number of carbonyl (C=O) groups excluding carboxylic acids is 1. The number of carbonyl (C=O) groups is 1. The van der Waals surface area contributed by atoms with E-state index in [9.17, 15) is 9.18 Å². The van der Waals surface area contributed by atoms with Crippen LogP contribution in [0.1, 0.15) is 48.9 Å². The van der Waals surface area contributed by atoms with Crippen LogP contribution in [0.15, 0.2) is 66.7 Å². The maximum Gasteiger partial charge on any atom is 0.283 e. The van der Waals surface area contributed by atoms with Gasteiger partial charge in [-0.2, -0.15) is 0 Å². The zero-order valence-electron chi connectivity index (χ0n) is 19.3. The number of hydrogen-bond acceptors (Lipinski definition) is 3. The van der Waals surface area contributed by atoms with Crippen molar-refractivity contribution in [1.82, 2.24) is 0 Å². The summed E-state index contributed by atoms with van der Waals surface area (Å²) in [7, 11) is 0. The van der Waals surface area contributed by atoms with Crippen LogP contribution in [0.25, 0.3) is 0 Å². The first-order chi connectivity index (χ1) is 15.8. The van der Waals surface area contributed by atoms with Gasteiger partial charge < -0.3 is 10.2 Å². The number of benzene rings is 3. The predicted molar refractivity (Wildman–Crippen MR) is 136 cm³/mol. The molecule has 1 N–H and O–H groups in total. The molecule has 5 heteroatoms. The number of halogens is 1. The Bertz CT molecular complexity index is 1200. The summed E-state index contributed by atoms with van der Waals surface area (Å²) in [6.45, 7) is 6.51. The third kappa shape index (κ3) is 3.63. The van der Waals surface area contributed by atoms with Gasteiger partial charge in [-0.15, -0.1) is 0 Å². The van der Waals surface area contributed by atoms with Crippen LogP contribution >= 0.6 is 11.8 Å². The minimum absolute atomic E-state index is 0.0736. The van der Waals surface area contributed by atoms with Gasteiger partial charge in [-0.25, -0.2) is 4.39 Å². The Labute approximate surface area is 199 Å². The zero-order valence-corrected chi connectivity index (χ0v) is 20.1. The quantitative estimate of drug-likeness (QED) is 0.459. The second kappa shape index (κ2) is 8.21. The molecule has 0 fully saturated rings. The van der Waals surface area contributed by atoms with Gasteiger partial charge in [-0.1, -0.05) is 68.1 Å². The van der Waals surface area contributed by atoms with Crippen molar-refractivity contribution in [2.24, 2.45) is 0 Å². The molecule has 3 nitrogen and oxygen atoms in total. The minimum Gasteiger partial charge on any atom is -0.371 e. The number of amides is 1. The molecular weight excluding hydrogens is 431 g/mol. The van der Waals surface area contributed by atoms with Crippen molar-refractivity contribution in [2.75, 3.05) is 29.6 Å². The summed E-state index contributed by atoms with van der Waals surface area (Å²) >= 11 is 1.18. The van der Waals surface area contributed by atoms with Gasteiger partial charge in [0.1, 0.15) is 5.82 Å². The second-order valence-corrected chi connectivity index (χ2v) is 10.3. The lowest BCUT2D eigenvalue weighted by atomic mass is 9.64. The van der Waals surface area contributed by atoms with E-state index in [1.54, 1.807) is 18.4 Å². The fourth-order valence-electron chi connectivity index (χ4n) is 5.60. The van der Waals surface area contributed by atoms with E-state index in [1.807, 2.05) is 12.1 Å². The van der Waals surface area contributed by atoms with Gasteiger partial charge in [-0.05, 0) is 65.6 Å². The molecule has 2 aliphatic rings. The topological polar surface area (TPSA) is 32.3 Å². The number of anilines is 2. The van der Waals surface area contributed by atoms with E-state index in [-0.39, 0.29) is 21.9 Å². The zero-order chi connectivity index (χ0) is 23.2. The van der Waals surface area contributed by atoms with E-state index in [4.69, 9.17) is 0 Å². The SMILES string of the molecule is CSC(=O)Nc1cc2c3c(c1)[C@](C)(c1ccc(F)cc1)CCN3CC[C@@]2(C)c1ccccc1. The standard InChI is InChI=1S/C28H29FN2OS/c1-27(19-7-5-4-6-8-19)13-15-31-16-14-28(2,20-9-11-21(29)12-10-20)24-18-22(30-26(32)33-3)17-23(27)25(24)31/h4-12,17-18H,13-16H2,1-3H3,(H,30,32)/t27-,28-/m0/s1. The Balaban J connectivity index is 1.76. The largest absolute Gasteiger partial charge is 0.371 e. The van der Waals surface area contributed by atoms with Gasteiger partial charge in [0.25, 0.3) is 5.24 Å². The molecule has 0 bridgehead atoms. The summed E-state index contributed by atoms with van der Waals surface area (Å²) in [5, 5.41) is 3.01. The van der Waals surface area contributed by atoms with Crippen molar-refractivity contribution >= 4 is 28.4 Å². The van der Waals surface area contributed by atoms with Crippen molar-refractivity contribution in [1.29, 1.82) is 0 Å². The predicted octanol–water partition coefficient (Wildman–Crippen LogP) is 6.95. The molecule has 2 atom stereocenters. The van der Waals surface area contributed by atoms with Crippen molar-refractivity contribution in [3.05, 3.63) is 94.8 Å². The lowest BCUT2D eigenvalue weighted by molar-refractivity contribution is 0.270. The molecule has 0 saturated heterocycles. The van der Waals surface area contributed by atoms with E-state index < -0.39 is 0 Å². The van der Waals surface area contributed by atoms with Gasteiger partial charge in [0, 0.05) is 35.3 Å². The molecule has 2 aliphatic heterocycles. The Morgan fingerprint density at radius 2 is 1.45 bits per heavy atom. The number of nitrogens with one attached hydrogen (secondary N) is 1. The maximum absolute atomic E-state index is 13.7. The van der Waals surface area contributed by atoms with Crippen LogP contribution in [-0.4, -0.2) is 24.6 Å². The molecule has 0 unspecified atom stereocenters. The van der Waals surface area contributed by atoms with Crippen molar-refractivity contribution in [3.8, 4) is 0 Å². The number of nitrogens with zero attached hydrogens (tertiary/aromatic N) is 1. The van der Waals surface area contributed by atoms with E-state index in [1.165, 1.54) is 34.1 Å². The second-order valence-electron chi connectivity index (χ2n) is 9.56. The Kier molecular flexibility index (Phi) is 5.48. The summed E-state index contributed by atoms with van der Waals surface area (Å²) in [6.07, 6.45) is 3.74.